The fourth-order valence-electron chi connectivity index (χ4n) is 4.97. The standard InChI is InChI=1S/C23H17F4N3O3/c24-13-7-6-11(9-15(13)26)18(12-3-1-4-14(25)19(12)27)20-16-5-2-8-29(16)23(33)21-22(32)17(31)10-28-30(20)21/h1,3-4,6-7,9-10,16,18,20,32H,2,5,8H2/t16-,18+,20-/m1/s1. The van der Waals surface area contributed by atoms with E-state index in [0.29, 0.717) is 19.4 Å². The molecule has 0 spiro atoms. The highest BCUT2D eigenvalue weighted by Crippen LogP contribution is 2.46. The van der Waals surface area contributed by atoms with E-state index in [1.54, 1.807) is 0 Å². The Balaban J connectivity index is 1.82. The smallest absolute Gasteiger partial charge is 0.276 e. The molecular weight excluding hydrogens is 442 g/mol. The lowest BCUT2D eigenvalue weighted by Gasteiger charge is -2.42. The first-order valence-corrected chi connectivity index (χ1v) is 10.3. The quantitative estimate of drug-likeness (QED) is 0.609. The Morgan fingerprint density at radius 2 is 1.82 bits per heavy atom. The lowest BCUT2D eigenvalue weighted by Crippen LogP contribution is -2.51. The van der Waals surface area contributed by atoms with Gasteiger partial charge in [-0.1, -0.05) is 18.2 Å². The number of benzene rings is 2. The Labute approximate surface area is 184 Å². The van der Waals surface area contributed by atoms with Crippen LogP contribution in [-0.2, 0) is 0 Å². The van der Waals surface area contributed by atoms with Gasteiger partial charge < -0.3 is 10.0 Å². The number of nitrogens with zero attached hydrogens (tertiary/aromatic N) is 3. The zero-order valence-electron chi connectivity index (χ0n) is 17.0. The molecule has 1 fully saturated rings. The first kappa shape index (κ1) is 21.2. The van der Waals surface area contributed by atoms with Gasteiger partial charge in [0.15, 0.2) is 34.7 Å². The SMILES string of the molecule is O=C1c2c(O)c(=O)cnn2[C@@H]([C@@H](c2ccc(F)c(F)c2)c2cccc(F)c2F)[C@H]2CCCN12. The van der Waals surface area contributed by atoms with E-state index in [2.05, 4.69) is 5.10 Å². The summed E-state index contributed by atoms with van der Waals surface area (Å²) in [5, 5.41) is 14.4. The fraction of sp³-hybridized carbons (Fsp3) is 0.261. The first-order chi connectivity index (χ1) is 15.8. The number of halogens is 4. The van der Waals surface area contributed by atoms with Crippen molar-refractivity contribution in [3.05, 3.63) is 92.9 Å². The summed E-state index contributed by atoms with van der Waals surface area (Å²) in [5.41, 5.74) is -1.28. The minimum atomic E-state index is -1.18. The Bertz CT molecular complexity index is 1340. The lowest BCUT2D eigenvalue weighted by molar-refractivity contribution is 0.0564. The molecule has 2 aliphatic rings. The first-order valence-electron chi connectivity index (χ1n) is 10.3. The van der Waals surface area contributed by atoms with Gasteiger partial charge in [0.25, 0.3) is 5.91 Å². The summed E-state index contributed by atoms with van der Waals surface area (Å²) < 4.78 is 58.4. The minimum Gasteiger partial charge on any atom is -0.502 e. The zero-order valence-corrected chi connectivity index (χ0v) is 17.0. The normalized spacial score (nSPS) is 20.5. The van der Waals surface area contributed by atoms with Crippen molar-refractivity contribution in [1.82, 2.24) is 14.7 Å². The van der Waals surface area contributed by atoms with Crippen molar-refractivity contribution in [3.63, 3.8) is 0 Å². The molecule has 5 rings (SSSR count). The molecule has 1 amide bonds. The largest absolute Gasteiger partial charge is 0.502 e. The van der Waals surface area contributed by atoms with E-state index in [1.807, 2.05) is 0 Å². The second kappa shape index (κ2) is 7.72. The Hall–Kier alpha value is -3.69. The van der Waals surface area contributed by atoms with Crippen LogP contribution in [0.3, 0.4) is 0 Å². The van der Waals surface area contributed by atoms with E-state index >= 15 is 4.39 Å². The molecule has 0 saturated carbocycles. The maximum absolute atomic E-state index is 15.1. The average Bonchev–Trinajstić information content (AvgIpc) is 3.28. The molecule has 3 atom stereocenters. The molecule has 3 aromatic rings. The molecule has 1 N–H and O–H groups in total. The number of carbonyl (C=O) groups excluding carboxylic acids is 1. The molecule has 0 radical (unpaired) electrons. The molecule has 2 aromatic carbocycles. The van der Waals surface area contributed by atoms with E-state index in [4.69, 9.17) is 0 Å². The summed E-state index contributed by atoms with van der Waals surface area (Å²) >= 11 is 0. The van der Waals surface area contributed by atoms with Gasteiger partial charge in [-0.3, -0.25) is 14.3 Å². The van der Waals surface area contributed by atoms with Gasteiger partial charge >= 0.3 is 0 Å². The monoisotopic (exact) mass is 459 g/mol. The van der Waals surface area contributed by atoms with Gasteiger partial charge in [-0.25, -0.2) is 17.6 Å². The molecule has 0 unspecified atom stereocenters. The molecule has 1 aromatic heterocycles. The molecule has 170 valence electrons. The van der Waals surface area contributed by atoms with Crippen LogP contribution >= 0.6 is 0 Å². The van der Waals surface area contributed by atoms with Crippen LogP contribution < -0.4 is 5.43 Å². The van der Waals surface area contributed by atoms with Gasteiger partial charge in [-0.05, 0) is 36.6 Å². The number of carbonyl (C=O) groups is 1. The molecule has 6 nitrogen and oxygen atoms in total. The van der Waals surface area contributed by atoms with E-state index in [9.17, 15) is 27.9 Å². The third kappa shape index (κ3) is 3.20. The third-order valence-electron chi connectivity index (χ3n) is 6.39. The van der Waals surface area contributed by atoms with Crippen LogP contribution in [0.4, 0.5) is 17.6 Å². The number of aromatic nitrogens is 2. The van der Waals surface area contributed by atoms with E-state index in [0.717, 1.165) is 29.1 Å². The van der Waals surface area contributed by atoms with Gasteiger partial charge in [0.2, 0.25) is 5.43 Å². The predicted molar refractivity (Wildman–Crippen MR) is 108 cm³/mol. The van der Waals surface area contributed by atoms with Crippen molar-refractivity contribution in [1.29, 1.82) is 0 Å². The van der Waals surface area contributed by atoms with Gasteiger partial charge in [-0.15, -0.1) is 0 Å². The highest BCUT2D eigenvalue weighted by molar-refractivity contribution is 5.96. The summed E-state index contributed by atoms with van der Waals surface area (Å²) in [7, 11) is 0. The van der Waals surface area contributed by atoms with Gasteiger partial charge in [-0.2, -0.15) is 5.10 Å². The molecule has 10 heteroatoms. The minimum absolute atomic E-state index is 0.121. The Morgan fingerprint density at radius 3 is 2.58 bits per heavy atom. The van der Waals surface area contributed by atoms with Crippen LogP contribution in [0.2, 0.25) is 0 Å². The maximum atomic E-state index is 15.1. The topological polar surface area (TPSA) is 75.4 Å². The molecule has 0 bridgehead atoms. The lowest BCUT2D eigenvalue weighted by atomic mass is 9.79. The number of amides is 1. The molecular formula is C23H17F4N3O3. The van der Waals surface area contributed by atoms with Crippen molar-refractivity contribution in [3.8, 4) is 5.75 Å². The molecule has 1 saturated heterocycles. The van der Waals surface area contributed by atoms with E-state index < -0.39 is 58.4 Å². The van der Waals surface area contributed by atoms with Crippen LogP contribution in [0, 0.1) is 23.3 Å². The van der Waals surface area contributed by atoms with Crippen molar-refractivity contribution in [2.24, 2.45) is 0 Å². The number of hydrogen-bond acceptors (Lipinski definition) is 4. The van der Waals surface area contributed by atoms with Crippen molar-refractivity contribution in [2.75, 3.05) is 6.54 Å². The predicted octanol–water partition coefficient (Wildman–Crippen LogP) is 3.50. The summed E-state index contributed by atoms with van der Waals surface area (Å²) in [5.74, 6) is -7.15. The second-order valence-corrected chi connectivity index (χ2v) is 8.14. The van der Waals surface area contributed by atoms with Gasteiger partial charge in [0, 0.05) is 18.0 Å². The average molecular weight is 459 g/mol. The van der Waals surface area contributed by atoms with Gasteiger partial charge in [0.05, 0.1) is 18.3 Å². The zero-order chi connectivity index (χ0) is 23.4. The molecule has 0 aliphatic carbocycles. The van der Waals surface area contributed by atoms with Crippen LogP contribution in [0.15, 0.2) is 47.4 Å². The number of hydrogen-bond donors (Lipinski definition) is 1. The summed E-state index contributed by atoms with van der Waals surface area (Å²) in [6.45, 7) is 0.318. The van der Waals surface area contributed by atoms with Crippen molar-refractivity contribution in [2.45, 2.75) is 30.8 Å². The Morgan fingerprint density at radius 1 is 1.03 bits per heavy atom. The fourth-order valence-corrected chi connectivity index (χ4v) is 4.97. The van der Waals surface area contributed by atoms with Crippen LogP contribution in [0.1, 0.15) is 46.4 Å². The summed E-state index contributed by atoms with van der Waals surface area (Å²) in [6.07, 6.45) is 1.89. The molecule has 33 heavy (non-hydrogen) atoms. The van der Waals surface area contributed by atoms with Gasteiger partial charge in [0.1, 0.15) is 0 Å². The van der Waals surface area contributed by atoms with Crippen LogP contribution in [-0.4, -0.2) is 38.3 Å². The highest BCUT2D eigenvalue weighted by atomic mass is 19.2. The molecule has 3 heterocycles. The number of aromatic hydroxyl groups is 1. The Kier molecular flexibility index (Phi) is 4.95. The highest BCUT2D eigenvalue weighted by Gasteiger charge is 2.48. The van der Waals surface area contributed by atoms with E-state index in [-0.39, 0.29) is 16.8 Å². The van der Waals surface area contributed by atoms with Crippen molar-refractivity contribution < 1.29 is 27.5 Å². The maximum Gasteiger partial charge on any atom is 0.276 e. The summed E-state index contributed by atoms with van der Waals surface area (Å²) in [4.78, 5) is 26.5. The third-order valence-corrected chi connectivity index (χ3v) is 6.39. The second-order valence-electron chi connectivity index (χ2n) is 8.14. The number of fused-ring (bicyclic) bond motifs is 2. The summed E-state index contributed by atoms with van der Waals surface area (Å²) in [6, 6.07) is 5.07. The van der Waals surface area contributed by atoms with Crippen molar-refractivity contribution >= 4 is 5.91 Å². The number of rotatable bonds is 3. The van der Waals surface area contributed by atoms with E-state index in [1.165, 1.54) is 23.1 Å². The van der Waals surface area contributed by atoms with Crippen LogP contribution in [0.5, 0.6) is 5.75 Å². The van der Waals surface area contributed by atoms with Crippen LogP contribution in [0.25, 0.3) is 0 Å². The molecule has 2 aliphatic heterocycles.